The third-order valence-electron chi connectivity index (χ3n) is 4.81. The monoisotopic (exact) mass is 400 g/mol. The van der Waals surface area contributed by atoms with Crippen molar-refractivity contribution in [1.29, 1.82) is 0 Å². The van der Waals surface area contributed by atoms with Crippen LogP contribution in [0, 0.1) is 0 Å². The Morgan fingerprint density at radius 1 is 1.10 bits per heavy atom. The molecule has 1 aromatic carbocycles. The van der Waals surface area contributed by atoms with Gasteiger partial charge in [0.25, 0.3) is 0 Å². The van der Waals surface area contributed by atoms with Crippen molar-refractivity contribution >= 4 is 10.9 Å². The van der Waals surface area contributed by atoms with Crippen LogP contribution < -0.4 is 10.5 Å². The third-order valence-corrected chi connectivity index (χ3v) is 4.81. The minimum atomic E-state index is -0.617. The van der Waals surface area contributed by atoms with Crippen molar-refractivity contribution in [2.75, 3.05) is 7.11 Å². The normalized spacial score (nSPS) is 11.1. The van der Waals surface area contributed by atoms with E-state index in [0.29, 0.717) is 17.9 Å². The van der Waals surface area contributed by atoms with Crippen LogP contribution in [0.25, 0.3) is 33.7 Å². The molecule has 148 valence electrons. The number of nitrogens with zero attached hydrogens (tertiary/aromatic N) is 4. The number of nitrogens with one attached hydrogen (secondary N) is 2. The third kappa shape index (κ3) is 3.22. The molecule has 0 radical (unpaired) electrons. The topological polar surface area (TPSA) is 123 Å². The van der Waals surface area contributed by atoms with Crippen molar-refractivity contribution in [2.24, 2.45) is 0 Å². The van der Waals surface area contributed by atoms with Gasteiger partial charge in [-0.05, 0) is 29.8 Å². The molecule has 30 heavy (non-hydrogen) atoms. The molecular formula is C21H16N6O3. The Morgan fingerprint density at radius 2 is 1.97 bits per heavy atom. The largest absolute Gasteiger partial charge is 0.497 e. The van der Waals surface area contributed by atoms with Gasteiger partial charge >= 0.3 is 5.76 Å². The fourth-order valence-electron chi connectivity index (χ4n) is 3.45. The van der Waals surface area contributed by atoms with Crippen LogP contribution in [0.4, 0.5) is 0 Å². The number of benzene rings is 1. The lowest BCUT2D eigenvalue weighted by Crippen LogP contribution is -1.98. The first-order valence-corrected chi connectivity index (χ1v) is 9.17. The van der Waals surface area contributed by atoms with Gasteiger partial charge in [-0.1, -0.05) is 11.2 Å². The summed E-state index contributed by atoms with van der Waals surface area (Å²) >= 11 is 0. The fraction of sp³-hybridized carbons (Fsp3) is 0.0952. The second-order valence-electron chi connectivity index (χ2n) is 6.65. The first-order valence-electron chi connectivity index (χ1n) is 9.17. The van der Waals surface area contributed by atoms with E-state index in [0.717, 1.165) is 39.2 Å². The highest BCUT2D eigenvalue weighted by Gasteiger charge is 2.16. The van der Waals surface area contributed by atoms with Crippen LogP contribution in [-0.4, -0.2) is 37.2 Å². The highest BCUT2D eigenvalue weighted by molar-refractivity contribution is 5.91. The number of H-pyrrole nitrogens is 2. The lowest BCUT2D eigenvalue weighted by Gasteiger charge is -2.06. The summed E-state index contributed by atoms with van der Waals surface area (Å²) in [6.07, 6.45) is 5.58. The van der Waals surface area contributed by atoms with Crippen molar-refractivity contribution in [1.82, 2.24) is 30.1 Å². The Morgan fingerprint density at radius 3 is 2.73 bits per heavy atom. The van der Waals surface area contributed by atoms with Crippen LogP contribution in [-0.2, 0) is 6.42 Å². The maximum Gasteiger partial charge on any atom is 0.439 e. The predicted molar refractivity (Wildman–Crippen MR) is 109 cm³/mol. The number of pyridine rings is 1. The predicted octanol–water partition coefficient (Wildman–Crippen LogP) is 2.96. The Hall–Kier alpha value is -4.27. The average Bonchev–Trinajstić information content (AvgIpc) is 3.38. The maximum absolute atomic E-state index is 11.3. The molecule has 2 N–H and O–H groups in total. The van der Waals surface area contributed by atoms with E-state index in [1.165, 1.54) is 6.33 Å². The molecule has 0 amide bonds. The molecule has 0 aliphatic rings. The number of methoxy groups -OCH3 is 1. The first kappa shape index (κ1) is 17.8. The number of aromatic nitrogens is 6. The molecule has 0 saturated carbocycles. The van der Waals surface area contributed by atoms with Crippen molar-refractivity contribution in [3.05, 3.63) is 76.9 Å². The van der Waals surface area contributed by atoms with Crippen LogP contribution in [0.3, 0.4) is 0 Å². The standard InChI is InChI=1S/C21H16N6O3/c1-29-14-5-6-15-16(19(25-18(15)8-14)12-9-22-11-23-10-12)7-13-3-2-4-17(24-13)20-26-21(28)30-27-20/h2-6,8-11,25H,7H2,1H3,(H,26,27,28). The van der Waals surface area contributed by atoms with Gasteiger partial charge < -0.3 is 9.72 Å². The summed E-state index contributed by atoms with van der Waals surface area (Å²) in [4.78, 5) is 30.2. The molecule has 9 heteroatoms. The number of fused-ring (bicyclic) bond motifs is 1. The van der Waals surface area contributed by atoms with Gasteiger partial charge in [0, 0.05) is 47.0 Å². The summed E-state index contributed by atoms with van der Waals surface area (Å²) in [5, 5.41) is 4.77. The van der Waals surface area contributed by atoms with Gasteiger partial charge in [-0.2, -0.15) is 0 Å². The van der Waals surface area contributed by atoms with Crippen molar-refractivity contribution in [2.45, 2.75) is 6.42 Å². The molecule has 0 fully saturated rings. The van der Waals surface area contributed by atoms with E-state index in [9.17, 15) is 4.79 Å². The quantitative estimate of drug-likeness (QED) is 0.465. The zero-order valence-corrected chi connectivity index (χ0v) is 15.9. The smallest absolute Gasteiger partial charge is 0.439 e. The van der Waals surface area contributed by atoms with Crippen LogP contribution in [0.5, 0.6) is 5.75 Å². The molecule has 5 aromatic rings. The molecular weight excluding hydrogens is 384 g/mol. The number of hydrogen-bond acceptors (Lipinski definition) is 7. The summed E-state index contributed by atoms with van der Waals surface area (Å²) in [5.74, 6) is 0.442. The minimum Gasteiger partial charge on any atom is -0.497 e. The second kappa shape index (κ2) is 7.28. The Bertz CT molecular complexity index is 1390. The maximum atomic E-state index is 11.3. The van der Waals surface area contributed by atoms with Gasteiger partial charge in [0.2, 0.25) is 5.82 Å². The number of rotatable bonds is 5. The van der Waals surface area contributed by atoms with Crippen LogP contribution in [0.1, 0.15) is 11.3 Å². The molecule has 0 unspecified atom stereocenters. The van der Waals surface area contributed by atoms with Crippen molar-refractivity contribution in [3.8, 4) is 28.5 Å². The van der Waals surface area contributed by atoms with Gasteiger partial charge in [0.05, 0.1) is 12.8 Å². The molecule has 4 aromatic heterocycles. The molecule has 4 heterocycles. The van der Waals surface area contributed by atoms with E-state index in [1.807, 2.05) is 30.3 Å². The lowest BCUT2D eigenvalue weighted by atomic mass is 10.0. The van der Waals surface area contributed by atoms with E-state index < -0.39 is 5.76 Å². The van der Waals surface area contributed by atoms with Crippen molar-refractivity contribution < 1.29 is 9.26 Å². The van der Waals surface area contributed by atoms with Crippen LogP contribution in [0.2, 0.25) is 0 Å². The van der Waals surface area contributed by atoms with Crippen LogP contribution in [0.15, 0.2) is 64.4 Å². The summed E-state index contributed by atoms with van der Waals surface area (Å²) in [5.41, 5.74) is 5.14. The minimum absolute atomic E-state index is 0.294. The van der Waals surface area contributed by atoms with E-state index in [2.05, 4.69) is 34.6 Å². The highest BCUT2D eigenvalue weighted by Crippen LogP contribution is 2.33. The summed E-state index contributed by atoms with van der Waals surface area (Å²) in [6.45, 7) is 0. The number of hydrogen-bond donors (Lipinski definition) is 2. The fourth-order valence-corrected chi connectivity index (χ4v) is 3.45. The zero-order chi connectivity index (χ0) is 20.5. The van der Waals surface area contributed by atoms with Crippen molar-refractivity contribution in [3.63, 3.8) is 0 Å². The van der Waals surface area contributed by atoms with Gasteiger partial charge in [-0.25, -0.2) is 19.7 Å². The van der Waals surface area contributed by atoms with E-state index in [-0.39, 0.29) is 0 Å². The molecule has 0 aliphatic carbocycles. The lowest BCUT2D eigenvalue weighted by molar-refractivity contribution is 0.387. The second-order valence-corrected chi connectivity index (χ2v) is 6.65. The number of ether oxygens (including phenoxy) is 1. The van der Waals surface area contributed by atoms with E-state index in [1.54, 1.807) is 25.6 Å². The molecule has 0 spiro atoms. The van der Waals surface area contributed by atoms with E-state index >= 15 is 0 Å². The Balaban J connectivity index is 1.62. The number of aromatic amines is 2. The summed E-state index contributed by atoms with van der Waals surface area (Å²) in [7, 11) is 1.64. The SMILES string of the molecule is COc1ccc2c(Cc3cccc(-c4noc(=O)[nH]4)n3)c(-c3cncnc3)[nH]c2c1. The molecule has 0 saturated heterocycles. The Labute approximate surface area is 169 Å². The molecule has 9 nitrogen and oxygen atoms in total. The van der Waals surface area contributed by atoms with Crippen LogP contribution >= 0.6 is 0 Å². The van der Waals surface area contributed by atoms with Gasteiger partial charge in [-0.15, -0.1) is 0 Å². The Kier molecular flexibility index (Phi) is 4.32. The first-order chi connectivity index (χ1) is 14.7. The van der Waals surface area contributed by atoms with Gasteiger partial charge in [0.1, 0.15) is 17.8 Å². The zero-order valence-electron chi connectivity index (χ0n) is 15.9. The summed E-state index contributed by atoms with van der Waals surface area (Å²) < 4.78 is 9.95. The molecule has 5 rings (SSSR count). The molecule has 0 atom stereocenters. The molecule has 0 aliphatic heterocycles. The molecule has 0 bridgehead atoms. The van der Waals surface area contributed by atoms with E-state index in [4.69, 9.17) is 4.74 Å². The average molecular weight is 400 g/mol. The van der Waals surface area contributed by atoms with Gasteiger partial charge in [-0.3, -0.25) is 9.51 Å². The highest BCUT2D eigenvalue weighted by atomic mass is 16.5. The van der Waals surface area contributed by atoms with Gasteiger partial charge in [0.15, 0.2) is 0 Å². The summed E-state index contributed by atoms with van der Waals surface area (Å²) in [6, 6.07) is 11.5.